The van der Waals surface area contributed by atoms with Gasteiger partial charge in [0.25, 0.3) is 0 Å². The van der Waals surface area contributed by atoms with Gasteiger partial charge in [-0.05, 0) is 53.8 Å². The minimum absolute atomic E-state index is 0.0303. The second kappa shape index (κ2) is 18.3. The number of benzene rings is 4. The van der Waals surface area contributed by atoms with E-state index in [4.69, 9.17) is 5.73 Å². The summed E-state index contributed by atoms with van der Waals surface area (Å²) in [6.07, 6.45) is 2.04. The smallest absolute Gasteiger partial charge is 0.326 e. The zero-order valence-corrected chi connectivity index (χ0v) is 29.7. The van der Waals surface area contributed by atoms with E-state index in [1.54, 1.807) is 79.0 Å². The fourth-order valence-corrected chi connectivity index (χ4v) is 6.04. The lowest BCUT2D eigenvalue weighted by Crippen LogP contribution is -2.58. The van der Waals surface area contributed by atoms with Crippen molar-refractivity contribution in [2.24, 2.45) is 5.73 Å². The van der Waals surface area contributed by atoms with E-state index in [0.717, 1.165) is 22.0 Å². The van der Waals surface area contributed by atoms with Crippen LogP contribution in [0.15, 0.2) is 115 Å². The molecule has 0 spiro atoms. The standard InChI is InChI=1S/C41H44N6O7/c1-25(37(49)45-34(21-26-10-4-2-5-11-26)40(52)47-36(41(53)54)22-27-12-6-3-7-13-27)44-39(51)35(23-29-24-43-33-15-9-8-14-31(29)33)46-38(50)32(42)20-28-16-18-30(48)19-17-28/h2-19,24-25,32,34-36,43,48H,20-23,42H2,1H3,(H,44,51)(H,45,49)(H,46,50)(H,47,52)(H,53,54). The Labute approximate surface area is 312 Å². The second-order valence-corrected chi connectivity index (χ2v) is 13.2. The fraction of sp³-hybridized carbons (Fsp3) is 0.244. The zero-order valence-electron chi connectivity index (χ0n) is 29.7. The molecule has 0 fully saturated rings. The first-order valence-corrected chi connectivity index (χ1v) is 17.6. The van der Waals surface area contributed by atoms with Crippen LogP contribution >= 0.6 is 0 Å². The molecule has 1 aromatic heterocycles. The number of hydrogen-bond acceptors (Lipinski definition) is 7. The van der Waals surface area contributed by atoms with E-state index in [2.05, 4.69) is 26.3 Å². The van der Waals surface area contributed by atoms with E-state index in [1.807, 2.05) is 24.3 Å². The van der Waals surface area contributed by atoms with E-state index < -0.39 is 59.8 Å². The van der Waals surface area contributed by atoms with Gasteiger partial charge in [0.1, 0.15) is 29.9 Å². The summed E-state index contributed by atoms with van der Waals surface area (Å²) >= 11 is 0. The summed E-state index contributed by atoms with van der Waals surface area (Å²) in [4.78, 5) is 69.7. The normalized spacial score (nSPS) is 13.8. The fourth-order valence-electron chi connectivity index (χ4n) is 6.04. The van der Waals surface area contributed by atoms with Gasteiger partial charge in [-0.2, -0.15) is 0 Å². The number of rotatable bonds is 17. The van der Waals surface area contributed by atoms with Crippen molar-refractivity contribution in [2.75, 3.05) is 0 Å². The number of hydrogen-bond donors (Lipinski definition) is 8. The maximum absolute atomic E-state index is 13.8. The van der Waals surface area contributed by atoms with Crippen LogP contribution in [0, 0.1) is 0 Å². The summed E-state index contributed by atoms with van der Waals surface area (Å²) in [7, 11) is 0. The number of aliphatic carboxylic acids is 1. The number of phenolic OH excluding ortho intramolecular Hbond substituents is 1. The third-order valence-electron chi connectivity index (χ3n) is 9.03. The monoisotopic (exact) mass is 732 g/mol. The summed E-state index contributed by atoms with van der Waals surface area (Å²) in [5, 5.41) is 31.0. The summed E-state index contributed by atoms with van der Waals surface area (Å²) in [5.41, 5.74) is 9.97. The number of aromatic nitrogens is 1. The molecule has 0 saturated heterocycles. The summed E-state index contributed by atoms with van der Waals surface area (Å²) in [6.45, 7) is 1.45. The van der Waals surface area contributed by atoms with Crippen LogP contribution in [0.25, 0.3) is 10.9 Å². The highest BCUT2D eigenvalue weighted by Crippen LogP contribution is 2.20. The number of fused-ring (bicyclic) bond motifs is 1. The Balaban J connectivity index is 1.30. The molecule has 5 atom stereocenters. The number of carbonyl (C=O) groups excluding carboxylic acids is 4. The molecule has 13 heteroatoms. The van der Waals surface area contributed by atoms with Crippen molar-refractivity contribution >= 4 is 40.5 Å². The number of carboxylic acid groups (broad SMARTS) is 1. The van der Waals surface area contributed by atoms with E-state index in [1.165, 1.54) is 19.1 Å². The number of aromatic amines is 1. The third-order valence-corrected chi connectivity index (χ3v) is 9.03. The van der Waals surface area contributed by atoms with Gasteiger partial charge in [-0.25, -0.2) is 4.79 Å². The van der Waals surface area contributed by atoms with Crippen LogP contribution in [-0.2, 0) is 49.7 Å². The van der Waals surface area contributed by atoms with Gasteiger partial charge in [-0.3, -0.25) is 19.2 Å². The first-order chi connectivity index (χ1) is 26.0. The van der Waals surface area contributed by atoms with Crippen molar-refractivity contribution < 1.29 is 34.2 Å². The van der Waals surface area contributed by atoms with Crippen molar-refractivity contribution in [1.82, 2.24) is 26.3 Å². The van der Waals surface area contributed by atoms with Crippen LogP contribution in [0.5, 0.6) is 5.75 Å². The van der Waals surface area contributed by atoms with Gasteiger partial charge in [0.2, 0.25) is 23.6 Å². The van der Waals surface area contributed by atoms with E-state index in [9.17, 15) is 34.2 Å². The van der Waals surface area contributed by atoms with Crippen LogP contribution in [0.1, 0.15) is 29.2 Å². The number of nitrogens with two attached hydrogens (primary N) is 1. The Morgan fingerprint density at radius 3 is 1.72 bits per heavy atom. The molecule has 0 bridgehead atoms. The SMILES string of the molecule is CC(NC(=O)C(Cc1c[nH]c2ccccc12)NC(=O)C(N)Cc1ccc(O)cc1)C(=O)NC(Cc1ccccc1)C(=O)NC(Cc1ccccc1)C(=O)O. The van der Waals surface area contributed by atoms with Gasteiger partial charge in [0.05, 0.1) is 6.04 Å². The molecule has 280 valence electrons. The molecule has 4 amide bonds. The van der Waals surface area contributed by atoms with Gasteiger partial charge >= 0.3 is 5.97 Å². The molecule has 0 aliphatic heterocycles. The Morgan fingerprint density at radius 1 is 0.593 bits per heavy atom. The topological polar surface area (TPSA) is 216 Å². The molecule has 0 aliphatic rings. The second-order valence-electron chi connectivity index (χ2n) is 13.2. The predicted molar refractivity (Wildman–Crippen MR) is 203 cm³/mol. The first kappa shape index (κ1) is 38.8. The average Bonchev–Trinajstić information content (AvgIpc) is 3.58. The van der Waals surface area contributed by atoms with Crippen molar-refractivity contribution in [3.63, 3.8) is 0 Å². The molecule has 13 nitrogen and oxygen atoms in total. The van der Waals surface area contributed by atoms with Gasteiger partial charge in [0.15, 0.2) is 0 Å². The number of carbonyl (C=O) groups is 5. The Morgan fingerprint density at radius 2 is 1.09 bits per heavy atom. The highest BCUT2D eigenvalue weighted by Gasteiger charge is 2.31. The molecule has 0 radical (unpaired) electrons. The quantitative estimate of drug-likeness (QED) is 0.0709. The van der Waals surface area contributed by atoms with Gasteiger partial charge in [-0.1, -0.05) is 91.0 Å². The highest BCUT2D eigenvalue weighted by molar-refractivity contribution is 5.96. The van der Waals surface area contributed by atoms with Gasteiger partial charge in [0, 0.05) is 36.4 Å². The predicted octanol–water partition coefficient (Wildman–Crippen LogP) is 2.52. The van der Waals surface area contributed by atoms with Crippen molar-refractivity contribution in [3.8, 4) is 5.75 Å². The number of amides is 4. The number of H-pyrrole nitrogens is 1. The number of carboxylic acids is 1. The Bertz CT molecular complexity index is 2050. The van der Waals surface area contributed by atoms with Crippen molar-refractivity contribution in [2.45, 2.75) is 62.8 Å². The third kappa shape index (κ3) is 10.8. The van der Waals surface area contributed by atoms with Gasteiger partial charge in [-0.15, -0.1) is 0 Å². The molecule has 0 saturated carbocycles. The lowest BCUT2D eigenvalue weighted by Gasteiger charge is -2.25. The maximum atomic E-state index is 13.8. The van der Waals surface area contributed by atoms with E-state index in [0.29, 0.717) is 11.1 Å². The molecule has 0 aliphatic carbocycles. The van der Waals surface area contributed by atoms with Gasteiger partial charge < -0.3 is 42.2 Å². The largest absolute Gasteiger partial charge is 0.508 e. The van der Waals surface area contributed by atoms with Crippen molar-refractivity contribution in [1.29, 1.82) is 0 Å². The minimum Gasteiger partial charge on any atom is -0.508 e. The highest BCUT2D eigenvalue weighted by atomic mass is 16.4. The van der Waals surface area contributed by atoms with Crippen molar-refractivity contribution in [3.05, 3.63) is 138 Å². The van der Waals surface area contributed by atoms with Crippen LogP contribution in [0.4, 0.5) is 0 Å². The number of aromatic hydroxyl groups is 1. The number of nitrogens with one attached hydrogen (secondary N) is 5. The molecule has 1 heterocycles. The molecule has 5 unspecified atom stereocenters. The summed E-state index contributed by atoms with van der Waals surface area (Å²) in [5.74, 6) is -3.82. The zero-order chi connectivity index (χ0) is 38.6. The Hall–Kier alpha value is -6.47. The number of phenols is 1. The minimum atomic E-state index is -1.26. The first-order valence-electron chi connectivity index (χ1n) is 17.6. The summed E-state index contributed by atoms with van der Waals surface area (Å²) < 4.78 is 0. The van der Waals surface area contributed by atoms with Crippen LogP contribution < -0.4 is 27.0 Å². The van der Waals surface area contributed by atoms with E-state index >= 15 is 0 Å². The molecular formula is C41H44N6O7. The van der Waals surface area contributed by atoms with Crippen LogP contribution in [-0.4, -0.2) is 75.0 Å². The lowest BCUT2D eigenvalue weighted by atomic mass is 10.0. The molecular weight excluding hydrogens is 688 g/mol. The molecule has 54 heavy (non-hydrogen) atoms. The van der Waals surface area contributed by atoms with Crippen LogP contribution in [0.3, 0.4) is 0 Å². The molecule has 9 N–H and O–H groups in total. The maximum Gasteiger partial charge on any atom is 0.326 e. The molecule has 5 rings (SSSR count). The summed E-state index contributed by atoms with van der Waals surface area (Å²) in [6, 6.07) is 25.8. The molecule has 4 aromatic carbocycles. The van der Waals surface area contributed by atoms with Crippen LogP contribution in [0.2, 0.25) is 0 Å². The molecule has 5 aromatic rings. The number of para-hydroxylation sites is 1. The average molecular weight is 733 g/mol. The van der Waals surface area contributed by atoms with E-state index in [-0.39, 0.29) is 31.4 Å². The Kier molecular flexibility index (Phi) is 13.2. The lowest BCUT2D eigenvalue weighted by molar-refractivity contribution is -0.142.